The zero-order chi connectivity index (χ0) is 15.5. The predicted octanol–water partition coefficient (Wildman–Crippen LogP) is 2.67. The molecule has 1 N–H and O–H groups in total. The van der Waals surface area contributed by atoms with Crippen LogP contribution in [0.2, 0.25) is 0 Å². The van der Waals surface area contributed by atoms with Crippen LogP contribution in [0, 0.1) is 0 Å². The second-order valence-electron chi connectivity index (χ2n) is 5.85. The van der Waals surface area contributed by atoms with Crippen LogP contribution in [0.15, 0.2) is 24.3 Å². The summed E-state index contributed by atoms with van der Waals surface area (Å²) in [5.74, 6) is -1.02. The summed E-state index contributed by atoms with van der Waals surface area (Å²) >= 11 is 0. The zero-order valence-electron chi connectivity index (χ0n) is 15.6. The summed E-state index contributed by atoms with van der Waals surface area (Å²) in [5.41, 5.74) is 2.19. The van der Waals surface area contributed by atoms with E-state index < -0.39 is 5.97 Å². The molecular weight excluding hydrogens is 283 g/mol. The summed E-state index contributed by atoms with van der Waals surface area (Å²) in [5, 5.41) is 9.52. The van der Waals surface area contributed by atoms with Gasteiger partial charge in [0.1, 0.15) is 0 Å². The van der Waals surface area contributed by atoms with Crippen LogP contribution in [0.4, 0.5) is 0 Å². The van der Waals surface area contributed by atoms with E-state index in [0.717, 1.165) is 31.2 Å². The van der Waals surface area contributed by atoms with Crippen LogP contribution in [0.5, 0.6) is 0 Å². The van der Waals surface area contributed by atoms with Gasteiger partial charge in [0.25, 0.3) is 0 Å². The van der Waals surface area contributed by atoms with Gasteiger partial charge in [0.15, 0.2) is 0 Å². The number of carboxylic acid groups (broad SMARTS) is 1. The first-order chi connectivity index (χ1) is 10.2. The summed E-state index contributed by atoms with van der Waals surface area (Å²) in [6, 6.07) is 7.99. The van der Waals surface area contributed by atoms with Crippen LogP contribution in [0.1, 0.15) is 83.7 Å². The molecule has 0 saturated carbocycles. The molecule has 0 bridgehead atoms. The van der Waals surface area contributed by atoms with Crippen molar-refractivity contribution in [1.29, 1.82) is 0 Å². The number of aryl methyl sites for hydroxylation is 1. The summed E-state index contributed by atoms with van der Waals surface area (Å²) in [4.78, 5) is 11.6. The zero-order valence-corrected chi connectivity index (χ0v) is 16.6. The van der Waals surface area contributed by atoms with Crippen molar-refractivity contribution in [3.8, 4) is 0 Å². The van der Waals surface area contributed by atoms with Gasteiger partial charge in [-0.05, 0) is 24.0 Å². The minimum Gasteiger partial charge on any atom is -1.00 e. The SMILES string of the molecule is CCCCCCCCCC(C(=O)O)c1ccccc1CC.[H-].[Na+]. The van der Waals surface area contributed by atoms with Gasteiger partial charge in [-0.1, -0.05) is 83.1 Å². The number of rotatable bonds is 11. The van der Waals surface area contributed by atoms with Gasteiger partial charge in [0.2, 0.25) is 0 Å². The van der Waals surface area contributed by atoms with Crippen molar-refractivity contribution < 1.29 is 40.9 Å². The van der Waals surface area contributed by atoms with Crippen LogP contribution in [-0.4, -0.2) is 11.1 Å². The molecule has 0 aliphatic carbocycles. The Bertz CT molecular complexity index is 424. The number of hydrogen-bond acceptors (Lipinski definition) is 1. The third-order valence-corrected chi connectivity index (χ3v) is 4.21. The van der Waals surface area contributed by atoms with Crippen molar-refractivity contribution in [2.24, 2.45) is 0 Å². The number of unbranched alkanes of at least 4 members (excludes halogenated alkanes) is 6. The van der Waals surface area contributed by atoms with Gasteiger partial charge in [-0.2, -0.15) is 0 Å². The first-order valence-corrected chi connectivity index (χ1v) is 8.51. The number of hydrogen-bond donors (Lipinski definition) is 1. The van der Waals surface area contributed by atoms with Gasteiger partial charge in [-0.3, -0.25) is 4.79 Å². The van der Waals surface area contributed by atoms with Crippen molar-refractivity contribution in [2.75, 3.05) is 0 Å². The Labute approximate surface area is 159 Å². The molecule has 0 saturated heterocycles. The van der Waals surface area contributed by atoms with Crippen LogP contribution in [0.25, 0.3) is 0 Å². The number of carboxylic acids is 1. The topological polar surface area (TPSA) is 37.3 Å². The number of aliphatic carboxylic acids is 1. The molecule has 1 atom stereocenters. The second-order valence-corrected chi connectivity index (χ2v) is 5.85. The van der Waals surface area contributed by atoms with Crippen molar-refractivity contribution in [3.63, 3.8) is 0 Å². The van der Waals surface area contributed by atoms with E-state index in [2.05, 4.69) is 19.9 Å². The third-order valence-electron chi connectivity index (χ3n) is 4.21. The minimum absolute atomic E-state index is 0. The predicted molar refractivity (Wildman–Crippen MR) is 89.9 cm³/mol. The molecule has 0 aromatic heterocycles. The van der Waals surface area contributed by atoms with E-state index in [-0.39, 0.29) is 36.9 Å². The van der Waals surface area contributed by atoms with Gasteiger partial charge < -0.3 is 6.53 Å². The molecule has 1 aromatic carbocycles. The molecule has 1 rings (SSSR count). The first kappa shape index (κ1) is 21.7. The van der Waals surface area contributed by atoms with Crippen LogP contribution in [0.3, 0.4) is 0 Å². The Balaban J connectivity index is 0. The molecule has 1 unspecified atom stereocenters. The summed E-state index contributed by atoms with van der Waals surface area (Å²) in [6.45, 7) is 4.31. The fourth-order valence-corrected chi connectivity index (χ4v) is 2.91. The molecule has 0 heterocycles. The first-order valence-electron chi connectivity index (χ1n) is 8.51. The maximum absolute atomic E-state index is 11.6. The average molecular weight is 314 g/mol. The third kappa shape index (κ3) is 7.80. The molecule has 0 spiro atoms. The Hall–Kier alpha value is -0.310. The largest absolute Gasteiger partial charge is 1.00 e. The molecule has 0 aliphatic rings. The molecule has 3 heteroatoms. The Morgan fingerprint density at radius 1 is 1.05 bits per heavy atom. The fraction of sp³-hybridized carbons (Fsp3) is 0.632. The van der Waals surface area contributed by atoms with Gasteiger partial charge >= 0.3 is 35.5 Å². The van der Waals surface area contributed by atoms with E-state index in [4.69, 9.17) is 0 Å². The molecule has 0 aliphatic heterocycles. The van der Waals surface area contributed by atoms with Gasteiger partial charge in [0, 0.05) is 0 Å². The van der Waals surface area contributed by atoms with Gasteiger partial charge in [-0.15, -0.1) is 0 Å². The van der Waals surface area contributed by atoms with Gasteiger partial charge in [0.05, 0.1) is 5.92 Å². The Morgan fingerprint density at radius 2 is 1.64 bits per heavy atom. The Kier molecular flexibility index (Phi) is 13.0. The van der Waals surface area contributed by atoms with E-state index in [1.807, 2.05) is 18.2 Å². The van der Waals surface area contributed by atoms with Gasteiger partial charge in [-0.25, -0.2) is 0 Å². The second kappa shape index (κ2) is 13.2. The monoisotopic (exact) mass is 314 g/mol. The fourth-order valence-electron chi connectivity index (χ4n) is 2.91. The molecule has 2 nitrogen and oxygen atoms in total. The molecule has 120 valence electrons. The molecule has 0 fully saturated rings. The van der Waals surface area contributed by atoms with Crippen molar-refractivity contribution in [1.82, 2.24) is 0 Å². The van der Waals surface area contributed by atoms with E-state index in [0.29, 0.717) is 0 Å². The normalized spacial score (nSPS) is 11.7. The summed E-state index contributed by atoms with van der Waals surface area (Å²) in [6.07, 6.45) is 10.3. The van der Waals surface area contributed by atoms with E-state index in [9.17, 15) is 9.90 Å². The Morgan fingerprint density at radius 3 is 2.23 bits per heavy atom. The van der Waals surface area contributed by atoms with Crippen LogP contribution in [-0.2, 0) is 11.2 Å². The molecule has 0 radical (unpaired) electrons. The van der Waals surface area contributed by atoms with Crippen molar-refractivity contribution >= 4 is 5.97 Å². The van der Waals surface area contributed by atoms with E-state index in [1.165, 1.54) is 37.7 Å². The standard InChI is InChI=1S/C19H30O2.Na.H/c1-3-5-6-7-8-9-10-15-18(19(20)21)17-14-12-11-13-16(17)4-2;;/h11-14,18H,3-10,15H2,1-2H3,(H,20,21);;/q;+1;-1. The molecule has 1 aromatic rings. The molecule has 0 amide bonds. The maximum atomic E-state index is 11.6. The van der Waals surface area contributed by atoms with Crippen molar-refractivity contribution in [2.45, 2.75) is 77.6 Å². The van der Waals surface area contributed by atoms with Crippen LogP contribution < -0.4 is 29.6 Å². The van der Waals surface area contributed by atoms with E-state index >= 15 is 0 Å². The van der Waals surface area contributed by atoms with Crippen molar-refractivity contribution in [3.05, 3.63) is 35.4 Å². The maximum Gasteiger partial charge on any atom is 1.00 e. The minimum atomic E-state index is -0.679. The number of benzene rings is 1. The van der Waals surface area contributed by atoms with Crippen LogP contribution >= 0.6 is 0 Å². The quantitative estimate of drug-likeness (QED) is 0.504. The summed E-state index contributed by atoms with van der Waals surface area (Å²) in [7, 11) is 0. The summed E-state index contributed by atoms with van der Waals surface area (Å²) < 4.78 is 0. The number of carbonyl (C=O) groups is 1. The molecular formula is C19H31NaO2. The average Bonchev–Trinajstić information content (AvgIpc) is 2.50. The smallest absolute Gasteiger partial charge is 1.00 e. The molecule has 22 heavy (non-hydrogen) atoms. The van der Waals surface area contributed by atoms with E-state index in [1.54, 1.807) is 0 Å².